The molecule has 0 unspecified atom stereocenters. The molecule has 0 aliphatic rings. The van der Waals surface area contributed by atoms with Crippen LogP contribution in [0.4, 0.5) is 4.39 Å². The Morgan fingerprint density at radius 2 is 1.44 bits per heavy atom. The minimum atomic E-state index is -1.36. The zero-order chi connectivity index (χ0) is 52.9. The molecule has 0 bridgehead atoms. The van der Waals surface area contributed by atoms with Gasteiger partial charge in [-0.25, -0.2) is 18.8 Å². The number of nitrogens with zero attached hydrogens (tertiary/aromatic N) is 1. The van der Waals surface area contributed by atoms with Crippen molar-refractivity contribution in [3.05, 3.63) is 149 Å². The van der Waals surface area contributed by atoms with Crippen molar-refractivity contribution < 1.29 is 66.2 Å². The third-order valence-corrected chi connectivity index (χ3v) is 11.6. The van der Waals surface area contributed by atoms with Crippen molar-refractivity contribution in [2.24, 2.45) is 5.92 Å². The number of benzene rings is 4. The highest BCUT2D eigenvalue weighted by molar-refractivity contribution is 6.01. The number of ketones is 1. The predicted molar refractivity (Wildman–Crippen MR) is 265 cm³/mol. The van der Waals surface area contributed by atoms with Crippen molar-refractivity contribution >= 4 is 47.8 Å². The highest BCUT2D eigenvalue weighted by atomic mass is 19.1. The highest BCUT2D eigenvalue weighted by Crippen LogP contribution is 2.30. The summed E-state index contributed by atoms with van der Waals surface area (Å²) in [6, 6.07) is 26.3. The molecule has 4 amide bonds. The first-order valence-electron chi connectivity index (χ1n) is 24.0. The molecule has 3 atom stereocenters. The lowest BCUT2D eigenvalue weighted by Gasteiger charge is -2.32. The lowest BCUT2D eigenvalue weighted by Crippen LogP contribution is -2.49. The van der Waals surface area contributed by atoms with Crippen molar-refractivity contribution in [2.45, 2.75) is 104 Å². The van der Waals surface area contributed by atoms with Crippen molar-refractivity contribution in [2.75, 3.05) is 13.3 Å². The van der Waals surface area contributed by atoms with Gasteiger partial charge >= 0.3 is 17.9 Å². The predicted octanol–water partition coefficient (Wildman–Crippen LogP) is 8.16. The van der Waals surface area contributed by atoms with Gasteiger partial charge in [0.1, 0.15) is 42.4 Å². The van der Waals surface area contributed by atoms with Crippen LogP contribution >= 0.6 is 0 Å². The molecule has 3 N–H and O–H groups in total. The molecule has 0 aliphatic heterocycles. The van der Waals surface area contributed by atoms with E-state index in [-0.39, 0.29) is 67.0 Å². The van der Waals surface area contributed by atoms with Crippen LogP contribution in [0, 0.1) is 11.7 Å². The van der Waals surface area contributed by atoms with Gasteiger partial charge in [0.25, 0.3) is 11.8 Å². The van der Waals surface area contributed by atoms with E-state index in [0.29, 0.717) is 35.9 Å². The van der Waals surface area contributed by atoms with Crippen molar-refractivity contribution in [1.82, 2.24) is 21.0 Å². The van der Waals surface area contributed by atoms with Gasteiger partial charge in [0.2, 0.25) is 12.3 Å². The summed E-state index contributed by atoms with van der Waals surface area (Å²) in [4.78, 5) is 111. The molecule has 18 heteroatoms. The maximum Gasteiger partial charge on any atom is 0.363 e. The number of halogens is 1. The quantitative estimate of drug-likeness (QED) is 0.0142. The lowest BCUT2D eigenvalue weighted by atomic mass is 9.90. The second-order valence-corrected chi connectivity index (χ2v) is 17.4. The molecule has 1 heterocycles. The number of ether oxygens (including phenoxy) is 3. The van der Waals surface area contributed by atoms with Gasteiger partial charge < -0.3 is 39.4 Å². The van der Waals surface area contributed by atoms with E-state index < -0.39 is 71.8 Å². The average molecular weight is 1010 g/mol. The van der Waals surface area contributed by atoms with E-state index in [4.69, 9.17) is 23.5 Å². The maximum atomic E-state index is 14.1. The molecule has 0 saturated heterocycles. The van der Waals surface area contributed by atoms with Crippen LogP contribution < -0.4 is 20.7 Å². The Bertz CT molecular complexity index is 2690. The van der Waals surface area contributed by atoms with Crippen LogP contribution in [0.2, 0.25) is 0 Å². The number of nitrogens with one attached hydrogen (secondary N) is 3. The summed E-state index contributed by atoms with van der Waals surface area (Å²) in [6.45, 7) is 7.45. The van der Waals surface area contributed by atoms with E-state index in [2.05, 4.69) is 16.0 Å². The topological polar surface area (TPSA) is 226 Å². The highest BCUT2D eigenvalue weighted by Gasteiger charge is 2.34. The summed E-state index contributed by atoms with van der Waals surface area (Å²) in [5, 5.41) is 8.65. The van der Waals surface area contributed by atoms with Gasteiger partial charge in [-0.3, -0.25) is 24.0 Å². The van der Waals surface area contributed by atoms with E-state index in [1.165, 1.54) is 49.4 Å². The minimum absolute atomic E-state index is 0.0385. The van der Waals surface area contributed by atoms with Crippen LogP contribution in [0.15, 0.2) is 114 Å². The van der Waals surface area contributed by atoms with E-state index in [1.54, 1.807) is 75.4 Å². The maximum absolute atomic E-state index is 14.1. The first kappa shape index (κ1) is 55.8. The number of hydroxylamine groups is 2. The van der Waals surface area contributed by atoms with Crippen molar-refractivity contribution in [3.8, 4) is 17.1 Å². The third-order valence-electron chi connectivity index (χ3n) is 11.6. The van der Waals surface area contributed by atoms with Crippen LogP contribution in [0.25, 0.3) is 11.3 Å². The average Bonchev–Trinajstić information content (AvgIpc) is 3.89. The number of rotatable bonds is 28. The van der Waals surface area contributed by atoms with Gasteiger partial charge in [-0.1, -0.05) is 114 Å². The molecule has 4 aromatic carbocycles. The van der Waals surface area contributed by atoms with Gasteiger partial charge in [0.15, 0.2) is 12.4 Å². The molecule has 73 heavy (non-hydrogen) atoms. The van der Waals surface area contributed by atoms with Gasteiger partial charge in [0, 0.05) is 12.0 Å². The number of unbranched alkanes of at least 4 members (excludes halogenated alkanes) is 2. The normalized spacial score (nSPS) is 12.1. The number of hydrogen-bond donors (Lipinski definition) is 3. The van der Waals surface area contributed by atoms with E-state index in [1.807, 2.05) is 13.0 Å². The number of hydrogen-bond acceptors (Lipinski definition) is 13. The molecular formula is C55H61FN4O13. The first-order chi connectivity index (χ1) is 35.1. The summed E-state index contributed by atoms with van der Waals surface area (Å²) in [5.41, 5.74) is 2.08. The first-order valence-corrected chi connectivity index (χ1v) is 24.0. The SMILES string of the molecule is CCCCC[C@@H](C(=O)NCNC(=O)c1ccc(-c2ccc(C(=O)N[C@@H](CC(C)=O)C(=O)OCc3ccccc3)c(OCC(=O)OCc3ccccc3)c2)o1)[C@@H](CC)N(C=O)OC(=O)c1ccc(F)cc1C(C)C. The molecule has 0 saturated carbocycles. The number of carbonyl (C=O) groups excluding carboxylic acids is 8. The smallest absolute Gasteiger partial charge is 0.363 e. The Kier molecular flexibility index (Phi) is 21.4. The summed E-state index contributed by atoms with van der Waals surface area (Å²) in [7, 11) is 0. The number of Topliss-reactive ketones (excluding diaryl/α,β-unsaturated/α-hetero) is 1. The molecule has 5 rings (SSSR count). The summed E-state index contributed by atoms with van der Waals surface area (Å²) < 4.78 is 36.6. The van der Waals surface area contributed by atoms with Crippen molar-refractivity contribution in [1.29, 1.82) is 0 Å². The number of carbonyl (C=O) groups is 8. The third kappa shape index (κ3) is 16.7. The molecule has 0 aliphatic carbocycles. The molecule has 386 valence electrons. The minimum Gasteiger partial charge on any atom is -0.481 e. The molecule has 0 spiro atoms. The largest absolute Gasteiger partial charge is 0.481 e. The fourth-order valence-corrected chi connectivity index (χ4v) is 7.75. The van der Waals surface area contributed by atoms with E-state index in [9.17, 15) is 42.7 Å². The Balaban J connectivity index is 1.29. The van der Waals surface area contributed by atoms with Crippen LogP contribution in [0.1, 0.15) is 127 Å². The lowest BCUT2D eigenvalue weighted by molar-refractivity contribution is -0.171. The zero-order valence-corrected chi connectivity index (χ0v) is 41.5. The Labute approximate surface area is 423 Å². The molecule has 0 fully saturated rings. The van der Waals surface area contributed by atoms with Crippen LogP contribution in [-0.2, 0) is 51.5 Å². The molecular weight excluding hydrogens is 944 g/mol. The fraction of sp³-hybridized carbons (Fsp3) is 0.345. The van der Waals surface area contributed by atoms with Crippen LogP contribution in [0.5, 0.6) is 5.75 Å². The van der Waals surface area contributed by atoms with Gasteiger partial charge in [-0.2, -0.15) is 5.06 Å². The summed E-state index contributed by atoms with van der Waals surface area (Å²) in [6.07, 6.45) is 2.75. The van der Waals surface area contributed by atoms with Crippen LogP contribution in [-0.4, -0.2) is 78.2 Å². The second-order valence-electron chi connectivity index (χ2n) is 17.4. The number of furan rings is 1. The van der Waals surface area contributed by atoms with Crippen LogP contribution in [0.3, 0.4) is 0 Å². The summed E-state index contributed by atoms with van der Waals surface area (Å²) in [5.74, 6) is -6.72. The Hall–Kier alpha value is -8.15. The molecule has 0 radical (unpaired) electrons. The van der Waals surface area contributed by atoms with Gasteiger partial charge in [-0.05, 0) is 84.8 Å². The monoisotopic (exact) mass is 1000 g/mol. The van der Waals surface area contributed by atoms with Crippen molar-refractivity contribution in [3.63, 3.8) is 0 Å². The Morgan fingerprint density at radius 3 is 2.07 bits per heavy atom. The van der Waals surface area contributed by atoms with E-state index in [0.717, 1.165) is 29.5 Å². The molecule has 1 aromatic heterocycles. The van der Waals surface area contributed by atoms with Gasteiger partial charge in [0.05, 0.1) is 29.8 Å². The molecule has 17 nitrogen and oxygen atoms in total. The van der Waals surface area contributed by atoms with Gasteiger partial charge in [-0.15, -0.1) is 0 Å². The zero-order valence-electron chi connectivity index (χ0n) is 41.5. The Morgan fingerprint density at radius 1 is 0.767 bits per heavy atom. The van der Waals surface area contributed by atoms with E-state index >= 15 is 0 Å². The number of esters is 2. The standard InChI is InChI=1S/C55H61FN4O13/c1-6-8-11-20-42(46(7-2)60(34-61)73-54(67)41-24-22-40(56)29-44(41)35(3)4)51(64)57-33-58-53(66)48-26-25-47(72-48)39-21-23-43(49(28-39)69-32-50(63)70-30-37-16-12-9-13-17-37)52(65)59-45(27-36(5)62)55(68)71-31-38-18-14-10-15-19-38/h9-10,12-19,21-26,28-29,34-35,42,45-46H,6-8,11,20,27,30-33H2,1-5H3,(H,57,64)(H,58,66)(H,59,65)/t42-,45+,46-/m1/s1. The number of amides is 4. The molecule has 5 aromatic rings. The fourth-order valence-electron chi connectivity index (χ4n) is 7.75. The second kappa shape index (κ2) is 28.0. The summed E-state index contributed by atoms with van der Waals surface area (Å²) >= 11 is 0.